The Balaban J connectivity index is 2.96. The van der Waals surface area contributed by atoms with E-state index in [0.29, 0.717) is 0 Å². The van der Waals surface area contributed by atoms with Gasteiger partial charge in [0.1, 0.15) is 4.21 Å². The number of halogens is 3. The molecule has 0 saturated carbocycles. The molecule has 92 valence electrons. The van der Waals surface area contributed by atoms with Crippen molar-refractivity contribution in [2.75, 3.05) is 11.8 Å². The van der Waals surface area contributed by atoms with Crippen molar-refractivity contribution >= 4 is 60.5 Å². The zero-order valence-electron chi connectivity index (χ0n) is 8.34. The topological polar surface area (TPSA) is 46.2 Å². The SMILES string of the molecule is CC(CCl)(CCl)NS(=O)(=O)c1ccc(Br)s1. The highest BCUT2D eigenvalue weighted by atomic mass is 79.9. The van der Waals surface area contributed by atoms with Crippen LogP contribution in [0.1, 0.15) is 6.92 Å². The van der Waals surface area contributed by atoms with E-state index in [1.165, 1.54) is 6.07 Å². The minimum absolute atomic E-state index is 0.113. The number of sulfonamides is 1. The van der Waals surface area contributed by atoms with E-state index < -0.39 is 15.6 Å². The van der Waals surface area contributed by atoms with Gasteiger partial charge < -0.3 is 0 Å². The average Bonchev–Trinajstić information content (AvgIpc) is 2.65. The molecule has 16 heavy (non-hydrogen) atoms. The van der Waals surface area contributed by atoms with Crippen molar-refractivity contribution in [1.29, 1.82) is 0 Å². The fourth-order valence-electron chi connectivity index (χ4n) is 0.907. The van der Waals surface area contributed by atoms with E-state index in [2.05, 4.69) is 20.7 Å². The molecule has 0 spiro atoms. The van der Waals surface area contributed by atoms with Crippen molar-refractivity contribution in [3.05, 3.63) is 15.9 Å². The highest BCUT2D eigenvalue weighted by Gasteiger charge is 2.30. The van der Waals surface area contributed by atoms with E-state index in [1.54, 1.807) is 13.0 Å². The van der Waals surface area contributed by atoms with Gasteiger partial charge in [0.05, 0.1) is 9.33 Å². The Hall–Kier alpha value is 0.670. The summed E-state index contributed by atoms with van der Waals surface area (Å²) in [7, 11) is -3.55. The van der Waals surface area contributed by atoms with E-state index in [0.717, 1.165) is 15.1 Å². The monoisotopic (exact) mass is 365 g/mol. The minimum Gasteiger partial charge on any atom is -0.206 e. The largest absolute Gasteiger partial charge is 0.250 e. The van der Waals surface area contributed by atoms with Gasteiger partial charge in [-0.25, -0.2) is 13.1 Å². The second-order valence-corrected chi connectivity index (χ2v) is 8.40. The molecule has 0 radical (unpaired) electrons. The van der Waals surface area contributed by atoms with Crippen LogP contribution in [0.2, 0.25) is 0 Å². The Morgan fingerprint density at radius 3 is 2.38 bits per heavy atom. The van der Waals surface area contributed by atoms with Crippen molar-refractivity contribution in [2.24, 2.45) is 0 Å². The zero-order valence-corrected chi connectivity index (χ0v) is 13.1. The van der Waals surface area contributed by atoms with Crippen molar-refractivity contribution < 1.29 is 8.42 Å². The first kappa shape index (κ1) is 14.7. The highest BCUT2D eigenvalue weighted by molar-refractivity contribution is 9.11. The van der Waals surface area contributed by atoms with Crippen molar-refractivity contribution in [1.82, 2.24) is 4.72 Å². The molecule has 1 aromatic heterocycles. The lowest BCUT2D eigenvalue weighted by Crippen LogP contribution is -2.48. The summed E-state index contributed by atoms with van der Waals surface area (Å²) >= 11 is 15.7. The van der Waals surface area contributed by atoms with Crippen molar-refractivity contribution in [3.63, 3.8) is 0 Å². The molecule has 8 heteroatoms. The Morgan fingerprint density at radius 1 is 1.44 bits per heavy atom. The van der Waals surface area contributed by atoms with Gasteiger partial charge in [0.2, 0.25) is 0 Å². The molecule has 0 aromatic carbocycles. The summed E-state index contributed by atoms with van der Waals surface area (Å²) in [5.74, 6) is 0.227. The first-order chi connectivity index (χ1) is 7.33. The molecule has 0 bridgehead atoms. The molecular formula is C8H10BrCl2NO2S2. The third-order valence-electron chi connectivity index (χ3n) is 1.78. The van der Waals surface area contributed by atoms with Gasteiger partial charge in [-0.05, 0) is 35.0 Å². The van der Waals surface area contributed by atoms with Gasteiger partial charge in [-0.15, -0.1) is 34.5 Å². The third kappa shape index (κ3) is 3.58. The van der Waals surface area contributed by atoms with Crippen LogP contribution in [-0.2, 0) is 10.0 Å². The fourth-order valence-corrected chi connectivity index (χ4v) is 4.90. The zero-order chi connectivity index (χ0) is 12.4. The lowest BCUT2D eigenvalue weighted by Gasteiger charge is -2.24. The second kappa shape index (κ2) is 5.54. The molecule has 0 saturated heterocycles. The smallest absolute Gasteiger partial charge is 0.206 e. The molecule has 3 nitrogen and oxygen atoms in total. The molecule has 0 aliphatic rings. The molecular weight excluding hydrogens is 357 g/mol. The summed E-state index contributed by atoms with van der Waals surface area (Å²) in [6.07, 6.45) is 0. The molecule has 0 aliphatic carbocycles. The van der Waals surface area contributed by atoms with Gasteiger partial charge >= 0.3 is 0 Å². The standard InChI is InChI=1S/C8H10BrCl2NO2S2/c1-8(4-10,5-11)12-16(13,14)7-3-2-6(9)15-7/h2-3,12H,4-5H2,1H3. The van der Waals surface area contributed by atoms with Crippen LogP contribution in [0.4, 0.5) is 0 Å². The number of alkyl halides is 2. The molecule has 0 aliphatic heterocycles. The first-order valence-corrected chi connectivity index (χ1v) is 8.40. The van der Waals surface area contributed by atoms with Crippen LogP contribution < -0.4 is 4.72 Å². The van der Waals surface area contributed by atoms with Gasteiger partial charge in [0.15, 0.2) is 0 Å². The molecule has 1 aromatic rings. The molecule has 1 rings (SSSR count). The number of nitrogens with one attached hydrogen (secondary N) is 1. The average molecular weight is 367 g/mol. The Bertz CT molecular complexity index is 456. The van der Waals surface area contributed by atoms with Gasteiger partial charge in [-0.1, -0.05) is 0 Å². The van der Waals surface area contributed by atoms with Crippen LogP contribution in [0.3, 0.4) is 0 Å². The van der Waals surface area contributed by atoms with Crippen LogP contribution in [0, 0.1) is 0 Å². The maximum absolute atomic E-state index is 11.9. The normalized spacial score (nSPS) is 13.0. The summed E-state index contributed by atoms with van der Waals surface area (Å²) in [5.41, 5.74) is -0.835. The van der Waals surface area contributed by atoms with Crippen molar-refractivity contribution in [3.8, 4) is 0 Å². The molecule has 0 atom stereocenters. The van der Waals surface area contributed by atoms with Crippen LogP contribution in [0.15, 0.2) is 20.1 Å². The van der Waals surface area contributed by atoms with Crippen molar-refractivity contribution in [2.45, 2.75) is 16.7 Å². The lowest BCUT2D eigenvalue weighted by atomic mass is 10.1. The molecule has 1 N–H and O–H groups in total. The summed E-state index contributed by atoms with van der Waals surface area (Å²) in [4.78, 5) is 0. The summed E-state index contributed by atoms with van der Waals surface area (Å²) in [5, 5.41) is 0. The fraction of sp³-hybridized carbons (Fsp3) is 0.500. The highest BCUT2D eigenvalue weighted by Crippen LogP contribution is 2.27. The third-order valence-corrected chi connectivity index (χ3v) is 6.72. The van der Waals surface area contributed by atoms with Crippen LogP contribution in [0.25, 0.3) is 0 Å². The number of rotatable bonds is 5. The Labute approximate surface area is 117 Å². The first-order valence-electron chi connectivity index (χ1n) is 4.24. The number of thiophene rings is 1. The number of hydrogen-bond acceptors (Lipinski definition) is 3. The second-order valence-electron chi connectivity index (χ2n) is 3.49. The minimum atomic E-state index is -3.55. The molecule has 0 unspecified atom stereocenters. The lowest BCUT2D eigenvalue weighted by molar-refractivity contribution is 0.501. The summed E-state index contributed by atoms with van der Waals surface area (Å²) < 4.78 is 27.4. The van der Waals surface area contributed by atoms with E-state index >= 15 is 0 Å². The maximum Gasteiger partial charge on any atom is 0.250 e. The summed E-state index contributed by atoms with van der Waals surface area (Å²) in [6, 6.07) is 3.21. The van der Waals surface area contributed by atoms with Crippen LogP contribution in [-0.4, -0.2) is 25.7 Å². The van der Waals surface area contributed by atoms with Gasteiger partial charge in [-0.3, -0.25) is 0 Å². The van der Waals surface area contributed by atoms with E-state index in [-0.39, 0.29) is 16.0 Å². The van der Waals surface area contributed by atoms with Gasteiger partial charge in [-0.2, -0.15) is 0 Å². The van der Waals surface area contributed by atoms with E-state index in [1.807, 2.05) is 0 Å². The molecule has 0 amide bonds. The summed E-state index contributed by atoms with van der Waals surface area (Å²) in [6.45, 7) is 1.66. The molecule has 1 heterocycles. The predicted octanol–water partition coefficient (Wildman–Crippen LogP) is 3.03. The van der Waals surface area contributed by atoms with Crippen LogP contribution >= 0.6 is 50.5 Å². The van der Waals surface area contributed by atoms with Gasteiger partial charge in [0.25, 0.3) is 10.0 Å². The number of hydrogen-bond donors (Lipinski definition) is 1. The van der Waals surface area contributed by atoms with E-state index in [4.69, 9.17) is 23.2 Å². The van der Waals surface area contributed by atoms with Gasteiger partial charge in [0, 0.05) is 11.8 Å². The van der Waals surface area contributed by atoms with Crippen LogP contribution in [0.5, 0.6) is 0 Å². The van der Waals surface area contributed by atoms with E-state index in [9.17, 15) is 8.42 Å². The predicted molar refractivity (Wildman–Crippen MR) is 72.2 cm³/mol. The Morgan fingerprint density at radius 2 is 2.00 bits per heavy atom. The molecule has 0 fully saturated rings. The maximum atomic E-state index is 11.9. The quantitative estimate of drug-likeness (QED) is 0.814. The Kier molecular flexibility index (Phi) is 5.10.